The molecule has 0 amide bonds. The third-order valence-corrected chi connectivity index (χ3v) is 4.61. The number of aromatic amines is 1. The molecule has 1 unspecified atom stereocenters. The van der Waals surface area contributed by atoms with E-state index in [-0.39, 0.29) is 0 Å². The van der Waals surface area contributed by atoms with Crippen molar-refractivity contribution in [3.8, 4) is 11.4 Å². The van der Waals surface area contributed by atoms with Crippen LogP contribution < -0.4 is 0 Å². The highest BCUT2D eigenvalue weighted by atomic mass is 16.5. The maximum atomic E-state index is 5.41. The lowest BCUT2D eigenvalue weighted by atomic mass is 9.95. The molecule has 0 aliphatic carbocycles. The molecule has 6 heteroatoms. The Morgan fingerprint density at radius 2 is 2.12 bits per heavy atom. The van der Waals surface area contributed by atoms with E-state index in [0.29, 0.717) is 17.6 Å². The lowest BCUT2D eigenvalue weighted by molar-refractivity contribution is 0.202. The number of nitrogens with one attached hydrogen (secondary N) is 1. The first-order valence-electron chi connectivity index (χ1n) is 8.48. The Bertz CT molecular complexity index is 753. The number of piperidine rings is 1. The maximum Gasteiger partial charge on any atom is 0.228 e. The molecular weight excluding hydrogens is 302 g/mol. The molecule has 1 saturated heterocycles. The molecule has 0 bridgehead atoms. The van der Waals surface area contributed by atoms with Gasteiger partial charge in [0.25, 0.3) is 0 Å². The lowest BCUT2D eigenvalue weighted by Gasteiger charge is -2.31. The third kappa shape index (κ3) is 3.38. The maximum absolute atomic E-state index is 5.41. The standard InChI is InChI=1S/C18H21N5O/c1-2-5-14(6-3-1)18-20-17(24-22-18)9-12-23-11-4-7-15(13-23)16-8-10-19-21-16/h1-3,5-6,8,10,15H,4,7,9,11-13H2,(H,19,21). The van der Waals surface area contributed by atoms with Gasteiger partial charge in [0, 0.05) is 42.9 Å². The van der Waals surface area contributed by atoms with Gasteiger partial charge in [0.15, 0.2) is 0 Å². The van der Waals surface area contributed by atoms with Crippen molar-refractivity contribution < 1.29 is 4.52 Å². The van der Waals surface area contributed by atoms with E-state index < -0.39 is 0 Å². The normalized spacial score (nSPS) is 18.8. The van der Waals surface area contributed by atoms with Crippen molar-refractivity contribution >= 4 is 0 Å². The number of aromatic nitrogens is 4. The molecule has 3 heterocycles. The van der Waals surface area contributed by atoms with Gasteiger partial charge in [-0.1, -0.05) is 35.5 Å². The molecule has 124 valence electrons. The summed E-state index contributed by atoms with van der Waals surface area (Å²) in [5.74, 6) is 1.92. The van der Waals surface area contributed by atoms with E-state index in [1.807, 2.05) is 36.5 Å². The van der Waals surface area contributed by atoms with Gasteiger partial charge in [-0.2, -0.15) is 10.1 Å². The summed E-state index contributed by atoms with van der Waals surface area (Å²) in [5, 5.41) is 11.3. The summed E-state index contributed by atoms with van der Waals surface area (Å²) in [6, 6.07) is 12.0. The molecule has 1 fully saturated rings. The molecule has 1 aliphatic heterocycles. The van der Waals surface area contributed by atoms with Crippen LogP contribution in [-0.4, -0.2) is 44.9 Å². The zero-order valence-corrected chi connectivity index (χ0v) is 13.6. The van der Waals surface area contributed by atoms with Crippen molar-refractivity contribution in [2.45, 2.75) is 25.2 Å². The molecular formula is C18H21N5O. The number of hydrogen-bond donors (Lipinski definition) is 1. The van der Waals surface area contributed by atoms with E-state index in [0.717, 1.165) is 31.6 Å². The minimum Gasteiger partial charge on any atom is -0.339 e. The van der Waals surface area contributed by atoms with Crippen molar-refractivity contribution in [1.29, 1.82) is 0 Å². The molecule has 0 radical (unpaired) electrons. The average molecular weight is 323 g/mol. The van der Waals surface area contributed by atoms with Gasteiger partial charge in [0.1, 0.15) is 0 Å². The van der Waals surface area contributed by atoms with Crippen LogP contribution in [0.3, 0.4) is 0 Å². The first kappa shape index (κ1) is 15.1. The molecule has 6 nitrogen and oxygen atoms in total. The number of hydrogen-bond acceptors (Lipinski definition) is 5. The quantitative estimate of drug-likeness (QED) is 0.782. The molecule has 3 aromatic rings. The second-order valence-corrected chi connectivity index (χ2v) is 6.28. The highest BCUT2D eigenvalue weighted by Crippen LogP contribution is 2.25. The summed E-state index contributed by atoms with van der Waals surface area (Å²) in [5.41, 5.74) is 2.23. The van der Waals surface area contributed by atoms with E-state index in [2.05, 4.69) is 31.3 Å². The molecule has 2 aromatic heterocycles. The Morgan fingerprint density at radius 3 is 2.96 bits per heavy atom. The Balaban J connectivity index is 1.34. The van der Waals surface area contributed by atoms with E-state index in [4.69, 9.17) is 4.52 Å². The predicted molar refractivity (Wildman–Crippen MR) is 90.4 cm³/mol. The molecule has 0 saturated carbocycles. The van der Waals surface area contributed by atoms with Gasteiger partial charge in [-0.25, -0.2) is 0 Å². The minimum absolute atomic E-state index is 0.545. The summed E-state index contributed by atoms with van der Waals surface area (Å²) in [7, 11) is 0. The predicted octanol–water partition coefficient (Wildman–Crippen LogP) is 2.88. The highest BCUT2D eigenvalue weighted by Gasteiger charge is 2.22. The molecule has 24 heavy (non-hydrogen) atoms. The zero-order chi connectivity index (χ0) is 16.2. The summed E-state index contributed by atoms with van der Waals surface area (Å²) < 4.78 is 5.41. The molecule has 1 aromatic carbocycles. The van der Waals surface area contributed by atoms with Crippen LogP contribution in [0, 0.1) is 0 Å². The monoisotopic (exact) mass is 323 g/mol. The van der Waals surface area contributed by atoms with Gasteiger partial charge < -0.3 is 9.42 Å². The van der Waals surface area contributed by atoms with Crippen LogP contribution in [-0.2, 0) is 6.42 Å². The van der Waals surface area contributed by atoms with E-state index in [1.165, 1.54) is 18.5 Å². The second-order valence-electron chi connectivity index (χ2n) is 6.28. The fraction of sp³-hybridized carbons (Fsp3) is 0.389. The van der Waals surface area contributed by atoms with Gasteiger partial charge >= 0.3 is 0 Å². The lowest BCUT2D eigenvalue weighted by Crippen LogP contribution is -2.36. The topological polar surface area (TPSA) is 70.8 Å². The fourth-order valence-corrected chi connectivity index (χ4v) is 3.32. The summed E-state index contributed by atoms with van der Waals surface area (Å²) in [4.78, 5) is 6.99. The van der Waals surface area contributed by atoms with E-state index in [9.17, 15) is 0 Å². The van der Waals surface area contributed by atoms with Crippen molar-refractivity contribution in [1.82, 2.24) is 25.2 Å². The van der Waals surface area contributed by atoms with Crippen LogP contribution in [0.4, 0.5) is 0 Å². The van der Waals surface area contributed by atoms with Crippen LogP contribution in [0.25, 0.3) is 11.4 Å². The Morgan fingerprint density at radius 1 is 1.21 bits per heavy atom. The van der Waals surface area contributed by atoms with Crippen LogP contribution in [0.5, 0.6) is 0 Å². The minimum atomic E-state index is 0.545. The van der Waals surface area contributed by atoms with Gasteiger partial charge in [0.05, 0.1) is 0 Å². The Labute approximate surface area is 140 Å². The van der Waals surface area contributed by atoms with Crippen molar-refractivity contribution in [3.63, 3.8) is 0 Å². The molecule has 1 aliphatic rings. The smallest absolute Gasteiger partial charge is 0.228 e. The highest BCUT2D eigenvalue weighted by molar-refractivity contribution is 5.53. The van der Waals surface area contributed by atoms with Gasteiger partial charge in [-0.3, -0.25) is 5.10 Å². The van der Waals surface area contributed by atoms with Crippen LogP contribution in [0.2, 0.25) is 0 Å². The van der Waals surface area contributed by atoms with E-state index >= 15 is 0 Å². The number of likely N-dealkylation sites (tertiary alicyclic amines) is 1. The number of H-pyrrole nitrogens is 1. The number of rotatable bonds is 5. The third-order valence-electron chi connectivity index (χ3n) is 4.61. The average Bonchev–Trinajstić information content (AvgIpc) is 3.33. The van der Waals surface area contributed by atoms with Gasteiger partial charge in [-0.15, -0.1) is 0 Å². The van der Waals surface area contributed by atoms with Crippen LogP contribution in [0.1, 0.15) is 30.3 Å². The Kier molecular flexibility index (Phi) is 4.38. The zero-order valence-electron chi connectivity index (χ0n) is 13.6. The van der Waals surface area contributed by atoms with Gasteiger partial charge in [-0.05, 0) is 25.5 Å². The van der Waals surface area contributed by atoms with Crippen molar-refractivity contribution in [3.05, 3.63) is 54.2 Å². The summed E-state index contributed by atoms with van der Waals surface area (Å²) in [6.45, 7) is 3.13. The van der Waals surface area contributed by atoms with Crippen molar-refractivity contribution in [2.24, 2.45) is 0 Å². The number of nitrogens with zero attached hydrogens (tertiary/aromatic N) is 4. The van der Waals surface area contributed by atoms with Crippen LogP contribution >= 0.6 is 0 Å². The van der Waals surface area contributed by atoms with E-state index in [1.54, 1.807) is 0 Å². The first-order valence-corrected chi connectivity index (χ1v) is 8.48. The first-order chi connectivity index (χ1) is 11.9. The Hall–Kier alpha value is -2.47. The second kappa shape index (κ2) is 6.97. The van der Waals surface area contributed by atoms with Gasteiger partial charge in [0.2, 0.25) is 11.7 Å². The summed E-state index contributed by atoms with van der Waals surface area (Å²) >= 11 is 0. The molecule has 4 rings (SSSR count). The number of benzene rings is 1. The largest absolute Gasteiger partial charge is 0.339 e. The molecule has 0 spiro atoms. The molecule has 1 N–H and O–H groups in total. The molecule has 1 atom stereocenters. The fourth-order valence-electron chi connectivity index (χ4n) is 3.32. The van der Waals surface area contributed by atoms with Crippen molar-refractivity contribution in [2.75, 3.05) is 19.6 Å². The SMILES string of the molecule is c1ccc(-c2noc(CCN3CCCC(c4ccn[nH]4)C3)n2)cc1. The summed E-state index contributed by atoms with van der Waals surface area (Å²) in [6.07, 6.45) is 5.05. The van der Waals surface area contributed by atoms with Crippen LogP contribution in [0.15, 0.2) is 47.1 Å².